The fraction of sp³-hybridized carbons (Fsp3) is 0.222. The Balaban J connectivity index is 1.85. The third-order valence-corrected chi connectivity index (χ3v) is 3.83. The molecule has 1 amide bonds. The van der Waals surface area contributed by atoms with E-state index in [1.807, 2.05) is 0 Å². The third-order valence-electron chi connectivity index (χ3n) is 3.83. The Morgan fingerprint density at radius 2 is 1.81 bits per heavy atom. The molecule has 0 atom stereocenters. The number of hydrogen-bond donors (Lipinski definition) is 0. The summed E-state index contributed by atoms with van der Waals surface area (Å²) in [5, 5.41) is 0. The highest BCUT2D eigenvalue weighted by atomic mass is 19.4. The van der Waals surface area contributed by atoms with Crippen molar-refractivity contribution >= 4 is 16.9 Å². The summed E-state index contributed by atoms with van der Waals surface area (Å²) >= 11 is 0. The number of carbonyl (C=O) groups is 1. The number of benzene rings is 1. The second-order valence-electron chi connectivity index (χ2n) is 5.90. The zero-order chi connectivity index (χ0) is 19.4. The molecule has 27 heavy (non-hydrogen) atoms. The molecule has 0 saturated carbocycles. The average molecular weight is 376 g/mol. The van der Waals surface area contributed by atoms with Crippen LogP contribution in [0.1, 0.15) is 5.56 Å². The lowest BCUT2D eigenvalue weighted by Crippen LogP contribution is -2.41. The maximum absolute atomic E-state index is 12.9. The monoisotopic (exact) mass is 376 g/mol. The van der Waals surface area contributed by atoms with E-state index >= 15 is 0 Å². The van der Waals surface area contributed by atoms with Crippen LogP contribution in [0.3, 0.4) is 0 Å². The fourth-order valence-corrected chi connectivity index (χ4v) is 2.60. The van der Waals surface area contributed by atoms with E-state index in [-0.39, 0.29) is 12.1 Å². The quantitative estimate of drug-likeness (QED) is 0.686. The number of pyridine rings is 1. The van der Waals surface area contributed by atoms with Crippen molar-refractivity contribution in [2.45, 2.75) is 19.3 Å². The van der Waals surface area contributed by atoms with Crippen LogP contribution in [0.2, 0.25) is 0 Å². The van der Waals surface area contributed by atoms with Gasteiger partial charge in [-0.2, -0.15) is 13.2 Å². The molecule has 0 aliphatic rings. The SMILES string of the molecule is O=C(Cn1cnc2cccnc2c1=O)N(Cc1ccccc1)CC(F)(F)F. The van der Waals surface area contributed by atoms with Crippen LogP contribution < -0.4 is 5.56 Å². The predicted octanol–water partition coefficient (Wildman–Crippen LogP) is 2.38. The summed E-state index contributed by atoms with van der Waals surface area (Å²) in [7, 11) is 0. The molecule has 6 nitrogen and oxygen atoms in total. The van der Waals surface area contributed by atoms with Crippen LogP contribution in [-0.2, 0) is 17.9 Å². The third kappa shape index (κ3) is 4.69. The normalized spacial score (nSPS) is 11.5. The van der Waals surface area contributed by atoms with Crippen LogP contribution in [0.5, 0.6) is 0 Å². The Kier molecular flexibility index (Phi) is 5.20. The van der Waals surface area contributed by atoms with Crippen molar-refractivity contribution in [1.82, 2.24) is 19.4 Å². The first-order chi connectivity index (χ1) is 12.8. The number of rotatable bonds is 5. The van der Waals surface area contributed by atoms with E-state index in [0.29, 0.717) is 16.0 Å². The molecule has 0 saturated heterocycles. The topological polar surface area (TPSA) is 68.1 Å². The number of halogens is 3. The number of fused-ring (bicyclic) bond motifs is 1. The Bertz CT molecular complexity index is 1000. The minimum atomic E-state index is -4.56. The Hall–Kier alpha value is -3.23. The zero-order valence-corrected chi connectivity index (χ0v) is 14.1. The van der Waals surface area contributed by atoms with E-state index in [1.165, 1.54) is 6.20 Å². The predicted molar refractivity (Wildman–Crippen MR) is 91.7 cm³/mol. The van der Waals surface area contributed by atoms with Crippen LogP contribution in [-0.4, -0.2) is 38.1 Å². The molecule has 2 aromatic heterocycles. The Labute approximate surface area is 151 Å². The van der Waals surface area contributed by atoms with Gasteiger partial charge in [-0.1, -0.05) is 30.3 Å². The average Bonchev–Trinajstić information content (AvgIpc) is 2.63. The highest BCUT2D eigenvalue weighted by molar-refractivity contribution is 5.77. The van der Waals surface area contributed by atoms with Crippen LogP contribution in [0.25, 0.3) is 11.0 Å². The molecule has 3 aromatic rings. The largest absolute Gasteiger partial charge is 0.406 e. The second-order valence-corrected chi connectivity index (χ2v) is 5.90. The Morgan fingerprint density at radius 3 is 2.52 bits per heavy atom. The molecular weight excluding hydrogens is 361 g/mol. The minimum Gasteiger partial charge on any atom is -0.328 e. The first-order valence-electron chi connectivity index (χ1n) is 8.02. The molecule has 1 aromatic carbocycles. The first kappa shape index (κ1) is 18.6. The summed E-state index contributed by atoms with van der Waals surface area (Å²) < 4.78 is 39.7. The number of carbonyl (C=O) groups excluding carboxylic acids is 1. The lowest BCUT2D eigenvalue weighted by atomic mass is 10.2. The van der Waals surface area contributed by atoms with Gasteiger partial charge in [0.15, 0.2) is 5.52 Å². The maximum Gasteiger partial charge on any atom is 0.406 e. The number of nitrogens with zero attached hydrogens (tertiary/aromatic N) is 4. The second kappa shape index (κ2) is 7.56. The zero-order valence-electron chi connectivity index (χ0n) is 14.1. The van der Waals surface area contributed by atoms with Crippen molar-refractivity contribution in [3.05, 3.63) is 70.9 Å². The maximum atomic E-state index is 12.9. The summed E-state index contributed by atoms with van der Waals surface area (Å²) in [6.45, 7) is -2.18. The minimum absolute atomic E-state index is 0.0539. The van der Waals surface area contributed by atoms with Gasteiger partial charge >= 0.3 is 6.18 Å². The molecule has 140 valence electrons. The molecule has 0 aliphatic heterocycles. The van der Waals surface area contributed by atoms with Crippen molar-refractivity contribution in [3.8, 4) is 0 Å². The van der Waals surface area contributed by atoms with Gasteiger partial charge in [-0.05, 0) is 17.7 Å². The summed E-state index contributed by atoms with van der Waals surface area (Å²) in [5.41, 5.74) is 0.377. The van der Waals surface area contributed by atoms with Crippen molar-refractivity contribution in [1.29, 1.82) is 0 Å². The lowest BCUT2D eigenvalue weighted by Gasteiger charge is -2.24. The molecule has 0 radical (unpaired) electrons. The van der Waals surface area contributed by atoms with Gasteiger partial charge in [0.1, 0.15) is 13.1 Å². The van der Waals surface area contributed by atoms with Crippen LogP contribution in [0.15, 0.2) is 59.8 Å². The van der Waals surface area contributed by atoms with Crippen molar-refractivity contribution < 1.29 is 18.0 Å². The van der Waals surface area contributed by atoms with Crippen molar-refractivity contribution in [3.63, 3.8) is 0 Å². The van der Waals surface area contributed by atoms with E-state index in [2.05, 4.69) is 9.97 Å². The van der Waals surface area contributed by atoms with Crippen LogP contribution in [0.4, 0.5) is 13.2 Å². The van der Waals surface area contributed by atoms with E-state index in [0.717, 1.165) is 10.9 Å². The highest BCUT2D eigenvalue weighted by Crippen LogP contribution is 2.18. The van der Waals surface area contributed by atoms with Gasteiger partial charge in [0, 0.05) is 12.7 Å². The van der Waals surface area contributed by atoms with E-state index in [1.54, 1.807) is 42.5 Å². The van der Waals surface area contributed by atoms with E-state index < -0.39 is 30.7 Å². The highest BCUT2D eigenvalue weighted by Gasteiger charge is 2.33. The van der Waals surface area contributed by atoms with Gasteiger partial charge in [-0.3, -0.25) is 14.2 Å². The van der Waals surface area contributed by atoms with Gasteiger partial charge in [0.05, 0.1) is 11.8 Å². The molecule has 0 spiro atoms. The van der Waals surface area contributed by atoms with Crippen molar-refractivity contribution in [2.24, 2.45) is 0 Å². The van der Waals surface area contributed by atoms with E-state index in [4.69, 9.17) is 0 Å². The smallest absolute Gasteiger partial charge is 0.328 e. The molecule has 2 heterocycles. The molecular formula is C18H15F3N4O2. The molecule has 0 aliphatic carbocycles. The van der Waals surface area contributed by atoms with Gasteiger partial charge in [-0.15, -0.1) is 0 Å². The fourth-order valence-electron chi connectivity index (χ4n) is 2.60. The van der Waals surface area contributed by atoms with Gasteiger partial charge in [0.2, 0.25) is 5.91 Å². The number of hydrogen-bond acceptors (Lipinski definition) is 4. The van der Waals surface area contributed by atoms with Gasteiger partial charge < -0.3 is 4.90 Å². The number of aromatic nitrogens is 3. The molecule has 0 bridgehead atoms. The first-order valence-corrected chi connectivity index (χ1v) is 8.02. The summed E-state index contributed by atoms with van der Waals surface area (Å²) in [6, 6.07) is 11.5. The van der Waals surface area contributed by atoms with E-state index in [9.17, 15) is 22.8 Å². The molecule has 0 fully saturated rings. The molecule has 9 heteroatoms. The lowest BCUT2D eigenvalue weighted by molar-refractivity contribution is -0.162. The van der Waals surface area contributed by atoms with Crippen LogP contribution >= 0.6 is 0 Å². The van der Waals surface area contributed by atoms with Gasteiger partial charge in [0.25, 0.3) is 5.56 Å². The number of alkyl halides is 3. The van der Waals surface area contributed by atoms with Crippen LogP contribution in [0, 0.1) is 0 Å². The molecule has 0 unspecified atom stereocenters. The molecule has 0 N–H and O–H groups in total. The standard InChI is InChI=1S/C18H15F3N4O2/c19-18(20,21)11-24(9-13-5-2-1-3-6-13)15(26)10-25-12-23-14-7-4-8-22-16(14)17(25)27/h1-8,12H,9-11H2. The number of amides is 1. The van der Waals surface area contributed by atoms with Crippen molar-refractivity contribution in [2.75, 3.05) is 6.54 Å². The summed E-state index contributed by atoms with van der Waals surface area (Å²) in [5.74, 6) is -0.838. The molecule has 3 rings (SSSR count). The van der Waals surface area contributed by atoms with Gasteiger partial charge in [-0.25, -0.2) is 9.97 Å². The summed E-state index contributed by atoms with van der Waals surface area (Å²) in [4.78, 5) is 33.5. The Morgan fingerprint density at radius 1 is 1.07 bits per heavy atom. The summed E-state index contributed by atoms with van der Waals surface area (Å²) in [6.07, 6.45) is -2.01.